The molecule has 0 aliphatic carbocycles. The topological polar surface area (TPSA) is 21.3 Å². The lowest BCUT2D eigenvalue weighted by Gasteiger charge is -2.08. The van der Waals surface area contributed by atoms with Crippen LogP contribution >= 0.6 is 0 Å². The normalized spacial score (nSPS) is 23.2. The van der Waals surface area contributed by atoms with Gasteiger partial charge >= 0.3 is 0 Å². The van der Waals surface area contributed by atoms with Gasteiger partial charge in [-0.3, -0.25) is 0 Å². The third kappa shape index (κ3) is 4.07. The number of unbranched alkanes of at least 4 members (excludes halogenated alkanes) is 2. The predicted octanol–water partition coefficient (Wildman–Crippen LogP) is 1.80. The molecule has 1 unspecified atom stereocenters. The largest absolute Gasteiger partial charge is 0.381 e. The summed E-state index contributed by atoms with van der Waals surface area (Å²) in [5, 5.41) is 3.34. The first kappa shape index (κ1) is 10.0. The lowest BCUT2D eigenvalue weighted by atomic mass is 10.1. The second kappa shape index (κ2) is 6.44. The van der Waals surface area contributed by atoms with E-state index in [-0.39, 0.29) is 0 Å². The van der Waals surface area contributed by atoms with Gasteiger partial charge in [0.1, 0.15) is 0 Å². The minimum absolute atomic E-state index is 0.784. The molecular formula is C10H21NO. The van der Waals surface area contributed by atoms with Crippen molar-refractivity contribution in [3.8, 4) is 0 Å². The fourth-order valence-corrected chi connectivity index (χ4v) is 1.56. The number of hydrogen-bond acceptors (Lipinski definition) is 2. The Morgan fingerprint density at radius 3 is 3.00 bits per heavy atom. The van der Waals surface area contributed by atoms with Crippen LogP contribution in [0.3, 0.4) is 0 Å². The van der Waals surface area contributed by atoms with Gasteiger partial charge in [0.05, 0.1) is 6.61 Å². The van der Waals surface area contributed by atoms with Crippen molar-refractivity contribution in [1.82, 2.24) is 5.32 Å². The highest BCUT2D eigenvalue weighted by atomic mass is 16.5. The Hall–Kier alpha value is -0.0800. The zero-order valence-electron chi connectivity index (χ0n) is 8.14. The molecular weight excluding hydrogens is 150 g/mol. The molecule has 1 N–H and O–H groups in total. The molecule has 0 amide bonds. The molecule has 0 aromatic rings. The van der Waals surface area contributed by atoms with E-state index >= 15 is 0 Å². The van der Waals surface area contributed by atoms with Crippen LogP contribution in [0.4, 0.5) is 0 Å². The molecule has 0 aromatic heterocycles. The molecule has 72 valence electrons. The number of nitrogens with one attached hydrogen (secondary N) is 1. The van der Waals surface area contributed by atoms with E-state index in [0.29, 0.717) is 0 Å². The van der Waals surface area contributed by atoms with Crippen molar-refractivity contribution in [2.45, 2.75) is 32.6 Å². The van der Waals surface area contributed by atoms with Gasteiger partial charge in [0, 0.05) is 13.2 Å². The van der Waals surface area contributed by atoms with Crippen molar-refractivity contribution >= 4 is 0 Å². The van der Waals surface area contributed by atoms with E-state index in [4.69, 9.17) is 4.74 Å². The molecule has 1 atom stereocenters. The maximum Gasteiger partial charge on any atom is 0.0506 e. The van der Waals surface area contributed by atoms with Crippen LogP contribution in [-0.2, 0) is 4.74 Å². The molecule has 0 bridgehead atoms. The molecule has 1 heterocycles. The number of hydrogen-bond donors (Lipinski definition) is 1. The van der Waals surface area contributed by atoms with E-state index < -0.39 is 0 Å². The van der Waals surface area contributed by atoms with E-state index in [1.165, 1.54) is 32.2 Å². The summed E-state index contributed by atoms with van der Waals surface area (Å²) < 4.78 is 5.58. The highest BCUT2D eigenvalue weighted by Gasteiger charge is 2.13. The molecule has 1 aliphatic heterocycles. The highest BCUT2D eigenvalue weighted by molar-refractivity contribution is 4.70. The van der Waals surface area contributed by atoms with E-state index in [2.05, 4.69) is 12.2 Å². The summed E-state index contributed by atoms with van der Waals surface area (Å²) in [5.41, 5.74) is 0. The average Bonchev–Trinajstić information content (AvgIpc) is 2.57. The molecule has 0 saturated carbocycles. The Balaban J connectivity index is 1.81. The SMILES string of the molecule is CCCCCOCC1CCNC1. The summed E-state index contributed by atoms with van der Waals surface area (Å²) >= 11 is 0. The maximum absolute atomic E-state index is 5.58. The van der Waals surface area contributed by atoms with Crippen molar-refractivity contribution in [3.05, 3.63) is 0 Å². The lowest BCUT2D eigenvalue weighted by Crippen LogP contribution is -2.14. The monoisotopic (exact) mass is 171 g/mol. The Bertz CT molecular complexity index is 100. The van der Waals surface area contributed by atoms with Crippen LogP contribution in [0.25, 0.3) is 0 Å². The van der Waals surface area contributed by atoms with Gasteiger partial charge in [0.25, 0.3) is 0 Å². The fourth-order valence-electron chi connectivity index (χ4n) is 1.56. The van der Waals surface area contributed by atoms with Crippen molar-refractivity contribution in [3.63, 3.8) is 0 Å². The number of rotatable bonds is 6. The molecule has 1 fully saturated rings. The summed E-state index contributed by atoms with van der Waals surface area (Å²) in [4.78, 5) is 0. The van der Waals surface area contributed by atoms with Crippen LogP contribution in [0, 0.1) is 5.92 Å². The zero-order valence-corrected chi connectivity index (χ0v) is 8.14. The van der Waals surface area contributed by atoms with Crippen LogP contribution in [-0.4, -0.2) is 26.3 Å². The molecule has 2 heteroatoms. The van der Waals surface area contributed by atoms with Gasteiger partial charge in [-0.2, -0.15) is 0 Å². The lowest BCUT2D eigenvalue weighted by molar-refractivity contribution is 0.102. The van der Waals surface area contributed by atoms with Crippen molar-refractivity contribution in [1.29, 1.82) is 0 Å². The van der Waals surface area contributed by atoms with Crippen LogP contribution in [0.1, 0.15) is 32.6 Å². The van der Waals surface area contributed by atoms with Crippen LogP contribution in [0.2, 0.25) is 0 Å². The molecule has 1 aliphatic rings. The van der Waals surface area contributed by atoms with Gasteiger partial charge in [-0.15, -0.1) is 0 Å². The van der Waals surface area contributed by atoms with Crippen molar-refractivity contribution < 1.29 is 4.74 Å². The summed E-state index contributed by atoms with van der Waals surface area (Å²) in [6.07, 6.45) is 5.13. The first-order chi connectivity index (χ1) is 5.93. The summed E-state index contributed by atoms with van der Waals surface area (Å²) in [6.45, 7) is 6.50. The van der Waals surface area contributed by atoms with Gasteiger partial charge in [-0.25, -0.2) is 0 Å². The summed E-state index contributed by atoms with van der Waals surface area (Å²) in [5.74, 6) is 0.784. The minimum atomic E-state index is 0.784. The van der Waals surface area contributed by atoms with Gasteiger partial charge in [-0.05, 0) is 25.3 Å². The molecule has 2 nitrogen and oxygen atoms in total. The Labute approximate surface area is 75.7 Å². The van der Waals surface area contributed by atoms with E-state index in [0.717, 1.165) is 25.7 Å². The Kier molecular flexibility index (Phi) is 5.37. The quantitative estimate of drug-likeness (QED) is 0.615. The van der Waals surface area contributed by atoms with Crippen LogP contribution in [0.5, 0.6) is 0 Å². The summed E-state index contributed by atoms with van der Waals surface area (Å²) in [7, 11) is 0. The first-order valence-electron chi connectivity index (χ1n) is 5.22. The third-order valence-corrected chi connectivity index (χ3v) is 2.41. The maximum atomic E-state index is 5.58. The molecule has 0 radical (unpaired) electrons. The first-order valence-corrected chi connectivity index (χ1v) is 5.22. The standard InChI is InChI=1S/C10H21NO/c1-2-3-4-7-12-9-10-5-6-11-8-10/h10-11H,2-9H2,1H3. The molecule has 0 aromatic carbocycles. The number of ether oxygens (including phenoxy) is 1. The summed E-state index contributed by atoms with van der Waals surface area (Å²) in [6, 6.07) is 0. The van der Waals surface area contributed by atoms with Crippen LogP contribution < -0.4 is 5.32 Å². The highest BCUT2D eigenvalue weighted by Crippen LogP contribution is 2.07. The third-order valence-electron chi connectivity index (χ3n) is 2.41. The smallest absolute Gasteiger partial charge is 0.0506 e. The van der Waals surface area contributed by atoms with E-state index in [1.54, 1.807) is 0 Å². The average molecular weight is 171 g/mol. The van der Waals surface area contributed by atoms with Crippen LogP contribution in [0.15, 0.2) is 0 Å². The fraction of sp³-hybridized carbons (Fsp3) is 1.00. The van der Waals surface area contributed by atoms with Crippen molar-refractivity contribution in [2.75, 3.05) is 26.3 Å². The van der Waals surface area contributed by atoms with Gasteiger partial charge < -0.3 is 10.1 Å². The second-order valence-electron chi connectivity index (χ2n) is 3.64. The van der Waals surface area contributed by atoms with Gasteiger partial charge in [0.15, 0.2) is 0 Å². The Morgan fingerprint density at radius 2 is 2.33 bits per heavy atom. The zero-order chi connectivity index (χ0) is 8.65. The van der Waals surface area contributed by atoms with Crippen molar-refractivity contribution in [2.24, 2.45) is 5.92 Å². The Morgan fingerprint density at radius 1 is 1.42 bits per heavy atom. The van der Waals surface area contributed by atoms with Gasteiger partial charge in [0.2, 0.25) is 0 Å². The molecule has 0 spiro atoms. The van der Waals surface area contributed by atoms with Gasteiger partial charge in [-0.1, -0.05) is 19.8 Å². The van der Waals surface area contributed by atoms with E-state index in [9.17, 15) is 0 Å². The second-order valence-corrected chi connectivity index (χ2v) is 3.64. The predicted molar refractivity (Wildman–Crippen MR) is 51.3 cm³/mol. The van der Waals surface area contributed by atoms with E-state index in [1.807, 2.05) is 0 Å². The minimum Gasteiger partial charge on any atom is -0.381 e. The molecule has 12 heavy (non-hydrogen) atoms. The molecule has 1 saturated heterocycles. The molecule has 1 rings (SSSR count).